The van der Waals surface area contributed by atoms with Crippen LogP contribution in [0.2, 0.25) is 0 Å². The van der Waals surface area contributed by atoms with Gasteiger partial charge < -0.3 is 10.1 Å². The summed E-state index contributed by atoms with van der Waals surface area (Å²) in [6, 6.07) is 4.13. The molecule has 0 fully saturated rings. The molecule has 0 bridgehead atoms. The highest BCUT2D eigenvalue weighted by atomic mass is 16.5. The van der Waals surface area contributed by atoms with Crippen molar-refractivity contribution >= 4 is 23.7 Å². The molecule has 2 rings (SSSR count). The lowest BCUT2D eigenvalue weighted by Gasteiger charge is -2.23. The Kier molecular flexibility index (Phi) is 4.46. The maximum Gasteiger partial charge on any atom is 0.338 e. The average Bonchev–Trinajstić information content (AvgIpc) is 2.70. The van der Waals surface area contributed by atoms with Crippen molar-refractivity contribution in [1.82, 2.24) is 10.2 Å². The Morgan fingerprint density at radius 3 is 2.29 bits per heavy atom. The lowest BCUT2D eigenvalue weighted by molar-refractivity contribution is -0.130. The zero-order valence-electron chi connectivity index (χ0n) is 14.3. The fourth-order valence-electron chi connectivity index (χ4n) is 2.24. The van der Waals surface area contributed by atoms with Crippen LogP contribution in [0.4, 0.5) is 0 Å². The maximum absolute atomic E-state index is 12.2. The van der Waals surface area contributed by atoms with Crippen molar-refractivity contribution < 1.29 is 23.9 Å². The minimum atomic E-state index is -0.981. The van der Waals surface area contributed by atoms with E-state index in [4.69, 9.17) is 4.74 Å². The number of hydrogen-bond donors (Lipinski definition) is 1. The van der Waals surface area contributed by atoms with Crippen LogP contribution in [0.15, 0.2) is 18.2 Å². The van der Waals surface area contributed by atoms with Gasteiger partial charge >= 0.3 is 5.97 Å². The van der Waals surface area contributed by atoms with Gasteiger partial charge in [-0.25, -0.2) is 4.79 Å². The number of fused-ring (bicyclic) bond motifs is 1. The highest BCUT2D eigenvalue weighted by Crippen LogP contribution is 2.23. The van der Waals surface area contributed by atoms with Gasteiger partial charge in [-0.3, -0.25) is 19.3 Å². The van der Waals surface area contributed by atoms with Gasteiger partial charge in [-0.1, -0.05) is 0 Å². The van der Waals surface area contributed by atoms with Crippen LogP contribution in [0.1, 0.15) is 58.8 Å². The molecule has 3 amide bonds. The van der Waals surface area contributed by atoms with Gasteiger partial charge in [0, 0.05) is 12.6 Å². The Morgan fingerprint density at radius 1 is 1.12 bits per heavy atom. The van der Waals surface area contributed by atoms with E-state index in [0.29, 0.717) is 0 Å². The minimum absolute atomic E-state index is 0.112. The van der Waals surface area contributed by atoms with Gasteiger partial charge in [0.15, 0.2) is 6.10 Å². The molecule has 1 heterocycles. The van der Waals surface area contributed by atoms with Gasteiger partial charge in [-0.2, -0.15) is 0 Å². The fraction of sp³-hybridized carbons (Fsp3) is 0.412. The molecule has 1 aliphatic heterocycles. The maximum atomic E-state index is 12.2. The van der Waals surface area contributed by atoms with E-state index in [-0.39, 0.29) is 16.7 Å². The molecule has 0 saturated heterocycles. The molecule has 1 aliphatic rings. The van der Waals surface area contributed by atoms with Crippen molar-refractivity contribution in [3.63, 3.8) is 0 Å². The highest BCUT2D eigenvalue weighted by Gasteiger charge is 2.33. The van der Waals surface area contributed by atoms with Crippen molar-refractivity contribution in [2.24, 2.45) is 0 Å². The molecule has 7 heteroatoms. The molecular weight excluding hydrogens is 312 g/mol. The number of carbonyl (C=O) groups is 4. The molecular formula is C17H20N2O5. The Bertz CT molecular complexity index is 733. The summed E-state index contributed by atoms with van der Waals surface area (Å²) >= 11 is 0. The van der Waals surface area contributed by atoms with Crippen LogP contribution in [0, 0.1) is 0 Å². The van der Waals surface area contributed by atoms with E-state index < -0.39 is 35.3 Å². The third kappa shape index (κ3) is 3.45. The monoisotopic (exact) mass is 332 g/mol. The van der Waals surface area contributed by atoms with Gasteiger partial charge in [0.2, 0.25) is 0 Å². The summed E-state index contributed by atoms with van der Waals surface area (Å²) in [6.45, 7) is 6.92. The molecule has 0 saturated carbocycles. The molecule has 0 spiro atoms. The minimum Gasteiger partial charge on any atom is -0.449 e. The van der Waals surface area contributed by atoms with E-state index in [0.717, 1.165) is 4.90 Å². The molecule has 1 N–H and O–H groups in total. The van der Waals surface area contributed by atoms with E-state index in [1.807, 2.05) is 20.8 Å². The summed E-state index contributed by atoms with van der Waals surface area (Å²) in [5.74, 6) is -2.02. The average molecular weight is 332 g/mol. The summed E-state index contributed by atoms with van der Waals surface area (Å²) in [5, 5.41) is 2.71. The quantitative estimate of drug-likeness (QED) is 0.667. The molecule has 7 nitrogen and oxygen atoms in total. The molecule has 128 valence electrons. The van der Waals surface area contributed by atoms with Crippen LogP contribution in [0.25, 0.3) is 0 Å². The van der Waals surface area contributed by atoms with Crippen LogP contribution >= 0.6 is 0 Å². The fourth-order valence-corrected chi connectivity index (χ4v) is 2.24. The largest absolute Gasteiger partial charge is 0.449 e. The standard InChI is InChI=1S/C17H20N2O5/c1-9(13(20)18-17(2,3)4)24-16(23)10-6-7-11-12(8-10)15(22)19(5)14(11)21/h6-9H,1-5H3,(H,18,20)/t9-/m1/s1. The van der Waals surface area contributed by atoms with Gasteiger partial charge in [-0.05, 0) is 45.9 Å². The second-order valence-corrected chi connectivity index (χ2v) is 6.72. The number of esters is 1. The third-order valence-electron chi connectivity index (χ3n) is 3.48. The Labute approximate surface area is 140 Å². The first-order chi connectivity index (χ1) is 11.0. The lowest BCUT2D eigenvalue weighted by atomic mass is 10.1. The molecule has 0 radical (unpaired) electrons. The summed E-state index contributed by atoms with van der Waals surface area (Å²) < 4.78 is 5.13. The van der Waals surface area contributed by atoms with Crippen LogP contribution in [-0.2, 0) is 9.53 Å². The summed E-state index contributed by atoms with van der Waals surface area (Å²) in [4.78, 5) is 48.9. The first-order valence-corrected chi connectivity index (χ1v) is 7.50. The summed E-state index contributed by atoms with van der Waals surface area (Å²) in [5.41, 5.74) is 0.0739. The predicted molar refractivity (Wildman–Crippen MR) is 85.6 cm³/mol. The van der Waals surface area contributed by atoms with Crippen molar-refractivity contribution in [3.8, 4) is 0 Å². The zero-order valence-corrected chi connectivity index (χ0v) is 14.3. The van der Waals surface area contributed by atoms with E-state index in [9.17, 15) is 19.2 Å². The second kappa shape index (κ2) is 6.07. The molecule has 24 heavy (non-hydrogen) atoms. The molecule has 0 unspecified atom stereocenters. The van der Waals surface area contributed by atoms with Crippen LogP contribution in [0.5, 0.6) is 0 Å². The lowest BCUT2D eigenvalue weighted by Crippen LogP contribution is -2.46. The molecule has 1 aromatic carbocycles. The molecule has 1 atom stereocenters. The Morgan fingerprint density at radius 2 is 1.71 bits per heavy atom. The first kappa shape index (κ1) is 17.7. The van der Waals surface area contributed by atoms with Crippen molar-refractivity contribution in [2.75, 3.05) is 7.05 Å². The number of hydrogen-bond acceptors (Lipinski definition) is 5. The number of nitrogens with one attached hydrogen (secondary N) is 1. The topological polar surface area (TPSA) is 92.8 Å². The summed E-state index contributed by atoms with van der Waals surface area (Å²) in [7, 11) is 1.38. The van der Waals surface area contributed by atoms with Crippen molar-refractivity contribution in [1.29, 1.82) is 0 Å². The second-order valence-electron chi connectivity index (χ2n) is 6.72. The van der Waals surface area contributed by atoms with Crippen LogP contribution in [0.3, 0.4) is 0 Å². The third-order valence-corrected chi connectivity index (χ3v) is 3.48. The SMILES string of the molecule is C[C@@H](OC(=O)c1ccc2c(c1)C(=O)N(C)C2=O)C(=O)NC(C)(C)C. The van der Waals surface area contributed by atoms with E-state index >= 15 is 0 Å². The van der Waals surface area contributed by atoms with Gasteiger partial charge in [0.05, 0.1) is 16.7 Å². The van der Waals surface area contributed by atoms with E-state index in [1.165, 1.54) is 32.2 Å². The van der Waals surface area contributed by atoms with E-state index in [2.05, 4.69) is 5.32 Å². The Hall–Kier alpha value is -2.70. The molecule has 0 aliphatic carbocycles. The zero-order chi connectivity index (χ0) is 18.2. The number of carbonyl (C=O) groups excluding carboxylic acids is 4. The molecule has 1 aromatic rings. The van der Waals surface area contributed by atoms with Gasteiger partial charge in [0.1, 0.15) is 0 Å². The van der Waals surface area contributed by atoms with Crippen LogP contribution in [-0.4, -0.2) is 47.3 Å². The Balaban J connectivity index is 2.13. The number of amides is 3. The first-order valence-electron chi connectivity index (χ1n) is 7.50. The van der Waals surface area contributed by atoms with Gasteiger partial charge in [-0.15, -0.1) is 0 Å². The molecule has 0 aromatic heterocycles. The number of ether oxygens (including phenoxy) is 1. The van der Waals surface area contributed by atoms with Gasteiger partial charge in [0.25, 0.3) is 17.7 Å². The van der Waals surface area contributed by atoms with Crippen molar-refractivity contribution in [3.05, 3.63) is 34.9 Å². The number of nitrogens with zero attached hydrogens (tertiary/aromatic N) is 1. The number of rotatable bonds is 3. The summed E-state index contributed by atoms with van der Waals surface area (Å²) in [6.07, 6.45) is -0.981. The smallest absolute Gasteiger partial charge is 0.338 e. The highest BCUT2D eigenvalue weighted by molar-refractivity contribution is 6.21. The van der Waals surface area contributed by atoms with E-state index in [1.54, 1.807) is 0 Å². The predicted octanol–water partition coefficient (Wildman–Crippen LogP) is 1.37. The number of benzene rings is 1. The number of imide groups is 1. The normalized spacial score (nSPS) is 15.1. The van der Waals surface area contributed by atoms with Crippen LogP contribution < -0.4 is 5.32 Å². The van der Waals surface area contributed by atoms with Crippen molar-refractivity contribution in [2.45, 2.75) is 39.3 Å².